The average Bonchev–Trinajstić information content (AvgIpc) is 2.35. The van der Waals surface area contributed by atoms with Gasteiger partial charge < -0.3 is 5.11 Å². The van der Waals surface area contributed by atoms with Crippen molar-refractivity contribution in [1.29, 1.82) is 0 Å². The summed E-state index contributed by atoms with van der Waals surface area (Å²) in [7, 11) is 0. The summed E-state index contributed by atoms with van der Waals surface area (Å²) in [6, 6.07) is 0. The van der Waals surface area contributed by atoms with Gasteiger partial charge in [0, 0.05) is 6.61 Å². The van der Waals surface area contributed by atoms with Gasteiger partial charge >= 0.3 is 0 Å². The van der Waals surface area contributed by atoms with Gasteiger partial charge in [-0.05, 0) is 19.3 Å². The van der Waals surface area contributed by atoms with Gasteiger partial charge in [-0.3, -0.25) is 0 Å². The lowest BCUT2D eigenvalue weighted by Crippen LogP contribution is -1.84. The molecule has 0 fully saturated rings. The minimum Gasteiger partial charge on any atom is -0.396 e. The van der Waals surface area contributed by atoms with Crippen molar-refractivity contribution in [3.63, 3.8) is 0 Å². The van der Waals surface area contributed by atoms with E-state index in [0.29, 0.717) is 6.61 Å². The summed E-state index contributed by atoms with van der Waals surface area (Å²) < 4.78 is 0. The summed E-state index contributed by atoms with van der Waals surface area (Å²) in [6.45, 7) is 3.97. The van der Waals surface area contributed by atoms with Crippen molar-refractivity contribution in [2.75, 3.05) is 6.61 Å². The van der Waals surface area contributed by atoms with Gasteiger partial charge in [0.05, 0.1) is 0 Å². The molecule has 0 bridgehead atoms. The molecule has 0 amide bonds. The van der Waals surface area contributed by atoms with Crippen molar-refractivity contribution in [2.45, 2.75) is 57.8 Å². The van der Waals surface area contributed by atoms with Crippen LogP contribution in [-0.2, 0) is 0 Å². The van der Waals surface area contributed by atoms with E-state index in [9.17, 15) is 0 Å². The molecule has 0 aliphatic rings. The van der Waals surface area contributed by atoms with E-state index in [2.05, 4.69) is 18.7 Å². The van der Waals surface area contributed by atoms with Crippen LogP contribution in [0.1, 0.15) is 57.8 Å². The molecular weight excluding hydrogens is 208 g/mol. The zero-order chi connectivity index (χ0) is 12.6. The number of allylic oxidation sites excluding steroid dienone is 5. The van der Waals surface area contributed by atoms with E-state index in [1.165, 1.54) is 51.4 Å². The number of hydrogen-bond donors (Lipinski definition) is 1. The molecule has 0 aliphatic heterocycles. The summed E-state index contributed by atoms with van der Waals surface area (Å²) in [5.41, 5.74) is 0. The zero-order valence-corrected chi connectivity index (χ0v) is 11.1. The maximum atomic E-state index is 8.63. The third-order valence-corrected chi connectivity index (χ3v) is 2.77. The first-order valence-electron chi connectivity index (χ1n) is 6.97. The van der Waals surface area contributed by atoms with Crippen LogP contribution in [0.25, 0.3) is 0 Å². The molecule has 0 saturated heterocycles. The van der Waals surface area contributed by atoms with Crippen molar-refractivity contribution < 1.29 is 5.11 Å². The van der Waals surface area contributed by atoms with Gasteiger partial charge in [-0.1, -0.05) is 75.5 Å². The molecule has 0 rings (SSSR count). The maximum Gasteiger partial charge on any atom is 0.0431 e. The fourth-order valence-electron chi connectivity index (χ4n) is 1.75. The highest BCUT2D eigenvalue weighted by atomic mass is 16.2. The predicted molar refractivity (Wildman–Crippen MR) is 77.1 cm³/mol. The fraction of sp³-hybridized carbons (Fsp3) is 0.625. The molecule has 1 N–H and O–H groups in total. The molecule has 0 aromatic rings. The van der Waals surface area contributed by atoms with Crippen LogP contribution in [0.15, 0.2) is 37.0 Å². The molecule has 0 aromatic carbocycles. The maximum absolute atomic E-state index is 8.63. The van der Waals surface area contributed by atoms with Gasteiger partial charge in [0.25, 0.3) is 0 Å². The standard InChI is InChI=1S/C16H28O/c1-2-3-4-5-6-7-8-9-10-11-12-13-14-15-16-17/h2-6,17H,1,7-16H2/b4-3+,6-5+. The minimum atomic E-state index is 0.354. The van der Waals surface area contributed by atoms with Crippen molar-refractivity contribution >= 4 is 0 Å². The Morgan fingerprint density at radius 2 is 1.29 bits per heavy atom. The Balaban J connectivity index is 3.05. The predicted octanol–water partition coefficient (Wildman–Crippen LogP) is 4.79. The van der Waals surface area contributed by atoms with Crippen LogP contribution in [0.3, 0.4) is 0 Å². The van der Waals surface area contributed by atoms with Crippen molar-refractivity contribution in [1.82, 2.24) is 0 Å². The minimum absolute atomic E-state index is 0.354. The van der Waals surface area contributed by atoms with Crippen molar-refractivity contribution in [3.8, 4) is 0 Å². The fourth-order valence-corrected chi connectivity index (χ4v) is 1.75. The summed E-state index contributed by atoms with van der Waals surface area (Å²) in [6.07, 6.45) is 21.4. The van der Waals surface area contributed by atoms with E-state index in [4.69, 9.17) is 5.11 Å². The molecule has 98 valence electrons. The molecule has 0 saturated carbocycles. The molecule has 0 heterocycles. The molecule has 1 heteroatoms. The Kier molecular flexibility index (Phi) is 14.4. The molecule has 1 nitrogen and oxygen atoms in total. The lowest BCUT2D eigenvalue weighted by molar-refractivity contribution is 0.282. The second-order valence-corrected chi connectivity index (χ2v) is 4.39. The Hall–Kier alpha value is -0.820. The first-order chi connectivity index (χ1) is 8.41. The lowest BCUT2D eigenvalue weighted by atomic mass is 10.1. The van der Waals surface area contributed by atoms with Gasteiger partial charge in [-0.25, -0.2) is 0 Å². The van der Waals surface area contributed by atoms with Crippen LogP contribution in [0.5, 0.6) is 0 Å². The molecule has 0 unspecified atom stereocenters. The van der Waals surface area contributed by atoms with Crippen LogP contribution in [0, 0.1) is 0 Å². The SMILES string of the molecule is C=C/C=C/C=C/CCCCCCCCCCO. The molecular formula is C16H28O. The normalized spacial score (nSPS) is 11.6. The van der Waals surface area contributed by atoms with E-state index < -0.39 is 0 Å². The van der Waals surface area contributed by atoms with Crippen LogP contribution < -0.4 is 0 Å². The van der Waals surface area contributed by atoms with Crippen LogP contribution in [0.2, 0.25) is 0 Å². The van der Waals surface area contributed by atoms with Crippen LogP contribution in [-0.4, -0.2) is 11.7 Å². The first kappa shape index (κ1) is 16.2. The van der Waals surface area contributed by atoms with E-state index in [1.54, 1.807) is 6.08 Å². The topological polar surface area (TPSA) is 20.2 Å². The third kappa shape index (κ3) is 15.2. The number of rotatable bonds is 12. The Bertz CT molecular complexity index is 204. The summed E-state index contributed by atoms with van der Waals surface area (Å²) in [5, 5.41) is 8.63. The number of unbranched alkanes of at least 4 members (excludes halogenated alkanes) is 8. The Labute approximate surface area is 107 Å². The van der Waals surface area contributed by atoms with Crippen molar-refractivity contribution in [3.05, 3.63) is 37.0 Å². The zero-order valence-electron chi connectivity index (χ0n) is 11.1. The quantitative estimate of drug-likeness (QED) is 0.381. The van der Waals surface area contributed by atoms with E-state index in [0.717, 1.165) is 6.42 Å². The Morgan fingerprint density at radius 1 is 0.706 bits per heavy atom. The molecule has 0 aromatic heterocycles. The molecule has 0 aliphatic carbocycles. The lowest BCUT2D eigenvalue weighted by Gasteiger charge is -2.00. The monoisotopic (exact) mass is 236 g/mol. The highest BCUT2D eigenvalue weighted by molar-refractivity contribution is 5.08. The highest BCUT2D eigenvalue weighted by Gasteiger charge is 1.91. The molecule has 17 heavy (non-hydrogen) atoms. The van der Waals surface area contributed by atoms with Gasteiger partial charge in [0.2, 0.25) is 0 Å². The molecule has 0 spiro atoms. The molecule has 0 atom stereocenters. The number of hydrogen-bond acceptors (Lipinski definition) is 1. The van der Waals surface area contributed by atoms with Gasteiger partial charge in [0.15, 0.2) is 0 Å². The van der Waals surface area contributed by atoms with Gasteiger partial charge in [-0.2, -0.15) is 0 Å². The summed E-state index contributed by atoms with van der Waals surface area (Å²) in [5.74, 6) is 0. The van der Waals surface area contributed by atoms with Gasteiger partial charge in [0.1, 0.15) is 0 Å². The second-order valence-electron chi connectivity index (χ2n) is 4.39. The number of aliphatic hydroxyl groups is 1. The highest BCUT2D eigenvalue weighted by Crippen LogP contribution is 2.09. The van der Waals surface area contributed by atoms with Crippen LogP contribution in [0.4, 0.5) is 0 Å². The largest absolute Gasteiger partial charge is 0.396 e. The smallest absolute Gasteiger partial charge is 0.0431 e. The van der Waals surface area contributed by atoms with Crippen molar-refractivity contribution in [2.24, 2.45) is 0 Å². The van der Waals surface area contributed by atoms with E-state index >= 15 is 0 Å². The third-order valence-electron chi connectivity index (χ3n) is 2.77. The van der Waals surface area contributed by atoms with Crippen LogP contribution >= 0.6 is 0 Å². The first-order valence-corrected chi connectivity index (χ1v) is 6.97. The number of aliphatic hydroxyl groups excluding tert-OH is 1. The molecule has 0 radical (unpaired) electrons. The Morgan fingerprint density at radius 3 is 1.88 bits per heavy atom. The van der Waals surface area contributed by atoms with E-state index in [1.807, 2.05) is 12.2 Å². The second kappa shape index (κ2) is 15.2. The van der Waals surface area contributed by atoms with E-state index in [-0.39, 0.29) is 0 Å². The van der Waals surface area contributed by atoms with Gasteiger partial charge in [-0.15, -0.1) is 0 Å². The average molecular weight is 236 g/mol. The summed E-state index contributed by atoms with van der Waals surface area (Å²) in [4.78, 5) is 0. The summed E-state index contributed by atoms with van der Waals surface area (Å²) >= 11 is 0.